The lowest BCUT2D eigenvalue weighted by atomic mass is 10.1. The van der Waals surface area contributed by atoms with Crippen molar-refractivity contribution in [2.75, 3.05) is 19.8 Å². The average molecular weight is 306 g/mol. The van der Waals surface area contributed by atoms with Crippen molar-refractivity contribution in [3.8, 4) is 5.75 Å². The number of alkyl halides is 3. The van der Waals surface area contributed by atoms with Gasteiger partial charge in [0.15, 0.2) is 5.84 Å². The number of oxime groups is 1. The van der Waals surface area contributed by atoms with E-state index in [0.717, 1.165) is 18.6 Å². The summed E-state index contributed by atoms with van der Waals surface area (Å²) in [6, 6.07) is 3.23. The molecule has 0 atom stereocenters. The summed E-state index contributed by atoms with van der Waals surface area (Å²) < 4.78 is 49.2. The number of halogens is 3. The molecule has 3 N–H and O–H groups in total. The van der Waals surface area contributed by atoms with Crippen LogP contribution < -0.4 is 10.5 Å². The van der Waals surface area contributed by atoms with Gasteiger partial charge in [-0.1, -0.05) is 12.1 Å². The van der Waals surface area contributed by atoms with Gasteiger partial charge in [-0.15, -0.1) is 0 Å². The number of rotatable bonds is 7. The molecule has 0 unspecified atom stereocenters. The minimum absolute atomic E-state index is 0.0388. The van der Waals surface area contributed by atoms with Gasteiger partial charge in [-0.25, -0.2) is 0 Å². The molecule has 0 aliphatic heterocycles. The molecule has 21 heavy (non-hydrogen) atoms. The highest BCUT2D eigenvalue weighted by molar-refractivity contribution is 5.98. The summed E-state index contributed by atoms with van der Waals surface area (Å²) in [6.45, 7) is 2.94. The SMILES string of the molecule is CCCOCCOc1ccc(C(N)=NO)c(C(F)(F)F)c1. The lowest BCUT2D eigenvalue weighted by Gasteiger charge is -2.14. The van der Waals surface area contributed by atoms with E-state index in [9.17, 15) is 13.2 Å². The van der Waals surface area contributed by atoms with Crippen LogP contribution in [-0.4, -0.2) is 30.9 Å². The third-order valence-electron chi connectivity index (χ3n) is 2.52. The lowest BCUT2D eigenvalue weighted by molar-refractivity contribution is -0.137. The fourth-order valence-corrected chi connectivity index (χ4v) is 1.59. The van der Waals surface area contributed by atoms with E-state index in [1.165, 1.54) is 6.07 Å². The van der Waals surface area contributed by atoms with Gasteiger partial charge >= 0.3 is 6.18 Å². The van der Waals surface area contributed by atoms with Crippen molar-refractivity contribution in [2.24, 2.45) is 10.9 Å². The number of amidine groups is 1. The Morgan fingerprint density at radius 2 is 2.00 bits per heavy atom. The standard InChI is InChI=1S/C13H17F3N2O3/c1-2-5-20-6-7-21-9-3-4-10(12(17)18-19)11(8-9)13(14,15)16/h3-4,8,19H,2,5-7H2,1H3,(H2,17,18). The molecule has 0 spiro atoms. The molecule has 118 valence electrons. The zero-order valence-electron chi connectivity index (χ0n) is 11.5. The topological polar surface area (TPSA) is 77.1 Å². The van der Waals surface area contributed by atoms with Crippen molar-refractivity contribution in [1.29, 1.82) is 0 Å². The normalized spacial score (nSPS) is 12.5. The second kappa shape index (κ2) is 7.72. The molecule has 0 aliphatic rings. The Bertz CT molecular complexity index is 490. The molecular weight excluding hydrogens is 289 g/mol. The van der Waals surface area contributed by atoms with Gasteiger partial charge in [-0.3, -0.25) is 0 Å². The first-order chi connectivity index (χ1) is 9.90. The molecule has 1 aromatic carbocycles. The molecule has 0 saturated heterocycles. The molecule has 1 aromatic rings. The Morgan fingerprint density at radius 1 is 1.29 bits per heavy atom. The minimum Gasteiger partial charge on any atom is -0.491 e. The molecule has 0 radical (unpaired) electrons. The highest BCUT2D eigenvalue weighted by Crippen LogP contribution is 2.34. The molecule has 0 bridgehead atoms. The molecule has 0 fully saturated rings. The van der Waals surface area contributed by atoms with Crippen LogP contribution in [-0.2, 0) is 10.9 Å². The third kappa shape index (κ3) is 5.14. The quantitative estimate of drug-likeness (QED) is 0.267. The van der Waals surface area contributed by atoms with E-state index in [1.54, 1.807) is 0 Å². The van der Waals surface area contributed by atoms with E-state index in [0.29, 0.717) is 6.61 Å². The minimum atomic E-state index is -4.64. The first-order valence-electron chi connectivity index (χ1n) is 6.29. The number of ether oxygens (including phenoxy) is 2. The molecule has 0 saturated carbocycles. The molecule has 0 amide bonds. The number of nitrogens with two attached hydrogens (primary N) is 1. The van der Waals surface area contributed by atoms with E-state index in [4.69, 9.17) is 20.4 Å². The van der Waals surface area contributed by atoms with Crippen LogP contribution in [0.2, 0.25) is 0 Å². The molecular formula is C13H17F3N2O3. The maximum absolute atomic E-state index is 12.9. The summed E-state index contributed by atoms with van der Waals surface area (Å²) in [6.07, 6.45) is -3.78. The van der Waals surface area contributed by atoms with E-state index in [2.05, 4.69) is 5.16 Å². The molecule has 0 aromatic heterocycles. The molecule has 0 aliphatic carbocycles. The third-order valence-corrected chi connectivity index (χ3v) is 2.52. The summed E-state index contributed by atoms with van der Waals surface area (Å²) in [7, 11) is 0. The van der Waals surface area contributed by atoms with Crippen LogP contribution in [0.1, 0.15) is 24.5 Å². The van der Waals surface area contributed by atoms with Gasteiger partial charge in [-0.2, -0.15) is 13.2 Å². The van der Waals surface area contributed by atoms with Crippen LogP contribution in [0.3, 0.4) is 0 Å². The smallest absolute Gasteiger partial charge is 0.417 e. The van der Waals surface area contributed by atoms with Gasteiger partial charge in [0.2, 0.25) is 0 Å². The van der Waals surface area contributed by atoms with Gasteiger partial charge in [0.1, 0.15) is 12.4 Å². The number of benzene rings is 1. The molecule has 8 heteroatoms. The van der Waals surface area contributed by atoms with Crippen molar-refractivity contribution in [3.63, 3.8) is 0 Å². The molecule has 1 rings (SSSR count). The van der Waals surface area contributed by atoms with Gasteiger partial charge in [0, 0.05) is 12.2 Å². The Balaban J connectivity index is 2.85. The summed E-state index contributed by atoms with van der Waals surface area (Å²) >= 11 is 0. The van der Waals surface area contributed by atoms with Crippen LogP contribution >= 0.6 is 0 Å². The fourth-order valence-electron chi connectivity index (χ4n) is 1.59. The van der Waals surface area contributed by atoms with E-state index in [1.807, 2.05) is 6.92 Å². The molecule has 0 heterocycles. The summed E-state index contributed by atoms with van der Waals surface area (Å²) in [5.41, 5.74) is 3.81. The maximum Gasteiger partial charge on any atom is 0.417 e. The average Bonchev–Trinajstić information content (AvgIpc) is 2.45. The predicted octanol–water partition coefficient (Wildman–Crippen LogP) is 2.61. The van der Waals surface area contributed by atoms with E-state index in [-0.39, 0.29) is 19.0 Å². The van der Waals surface area contributed by atoms with Crippen LogP contribution in [0.4, 0.5) is 13.2 Å². The summed E-state index contributed by atoms with van der Waals surface area (Å²) in [5.74, 6) is -0.572. The van der Waals surface area contributed by atoms with E-state index < -0.39 is 23.1 Å². The van der Waals surface area contributed by atoms with Gasteiger partial charge < -0.3 is 20.4 Å². The summed E-state index contributed by atoms with van der Waals surface area (Å²) in [5, 5.41) is 11.1. The zero-order valence-corrected chi connectivity index (χ0v) is 11.5. The van der Waals surface area contributed by atoms with Gasteiger partial charge in [0.05, 0.1) is 12.2 Å². The predicted molar refractivity (Wildman–Crippen MR) is 70.6 cm³/mol. The van der Waals surface area contributed by atoms with Crippen molar-refractivity contribution in [2.45, 2.75) is 19.5 Å². The fraction of sp³-hybridized carbons (Fsp3) is 0.462. The highest BCUT2D eigenvalue weighted by Gasteiger charge is 2.35. The largest absolute Gasteiger partial charge is 0.491 e. The number of hydrogen-bond donors (Lipinski definition) is 2. The van der Waals surface area contributed by atoms with Crippen LogP contribution in [0, 0.1) is 0 Å². The zero-order chi connectivity index (χ0) is 15.9. The van der Waals surface area contributed by atoms with Crippen LogP contribution in [0.15, 0.2) is 23.4 Å². The van der Waals surface area contributed by atoms with Crippen LogP contribution in [0.25, 0.3) is 0 Å². The Hall–Kier alpha value is -1.96. The second-order valence-corrected chi connectivity index (χ2v) is 4.15. The monoisotopic (exact) mass is 306 g/mol. The second-order valence-electron chi connectivity index (χ2n) is 4.15. The van der Waals surface area contributed by atoms with Crippen LogP contribution in [0.5, 0.6) is 5.75 Å². The van der Waals surface area contributed by atoms with Crippen molar-refractivity contribution in [1.82, 2.24) is 0 Å². The van der Waals surface area contributed by atoms with Crippen molar-refractivity contribution < 1.29 is 27.9 Å². The van der Waals surface area contributed by atoms with E-state index >= 15 is 0 Å². The van der Waals surface area contributed by atoms with Gasteiger partial charge in [-0.05, 0) is 24.6 Å². The number of nitrogens with zero attached hydrogens (tertiary/aromatic N) is 1. The Morgan fingerprint density at radius 3 is 2.57 bits per heavy atom. The lowest BCUT2D eigenvalue weighted by Crippen LogP contribution is -2.20. The maximum atomic E-state index is 12.9. The molecule has 5 nitrogen and oxygen atoms in total. The van der Waals surface area contributed by atoms with Crippen molar-refractivity contribution in [3.05, 3.63) is 29.3 Å². The highest BCUT2D eigenvalue weighted by atomic mass is 19.4. The Labute approximate surface area is 120 Å². The Kier molecular flexibility index (Phi) is 6.29. The number of hydrogen-bond acceptors (Lipinski definition) is 4. The van der Waals surface area contributed by atoms with Gasteiger partial charge in [0.25, 0.3) is 0 Å². The van der Waals surface area contributed by atoms with Crippen molar-refractivity contribution >= 4 is 5.84 Å². The first-order valence-corrected chi connectivity index (χ1v) is 6.29. The summed E-state index contributed by atoms with van der Waals surface area (Å²) in [4.78, 5) is 0. The first kappa shape index (κ1) is 17.1.